The molecule has 3 aliphatic rings. The van der Waals surface area contributed by atoms with Crippen LogP contribution in [0.2, 0.25) is 0 Å². The smallest absolute Gasteiger partial charge is 0.287 e. The molecule has 4 N–H and O–H groups in total. The van der Waals surface area contributed by atoms with Gasteiger partial charge in [-0.2, -0.15) is 11.8 Å². The number of amides is 3. The zero-order chi connectivity index (χ0) is 34.9. The molecule has 0 radical (unpaired) electrons. The monoisotopic (exact) mass is 691 g/mol. The molecule has 2 saturated heterocycles. The third kappa shape index (κ3) is 7.03. The highest BCUT2D eigenvalue weighted by molar-refractivity contribution is 7.99. The fourth-order valence-corrected chi connectivity index (χ4v) is 9.02. The summed E-state index contributed by atoms with van der Waals surface area (Å²) in [7, 11) is 0. The highest BCUT2D eigenvalue weighted by Crippen LogP contribution is 2.37. The number of carbonyl (C=O) groups is 4. The van der Waals surface area contributed by atoms with Crippen LogP contribution in [0.15, 0.2) is 47.5 Å². The minimum Gasteiger partial charge on any atom is -0.384 e. The van der Waals surface area contributed by atoms with E-state index in [1.165, 1.54) is 15.7 Å². The number of fused-ring (bicyclic) bond motifs is 1. The van der Waals surface area contributed by atoms with E-state index in [0.29, 0.717) is 29.0 Å². The minimum absolute atomic E-state index is 0.0550. The molecule has 262 valence electrons. The average molecular weight is 692 g/mol. The van der Waals surface area contributed by atoms with Crippen molar-refractivity contribution in [3.63, 3.8) is 0 Å². The number of thioether (sulfide) groups is 1. The number of aromatic nitrogens is 4. The summed E-state index contributed by atoms with van der Waals surface area (Å²) in [5.41, 5.74) is 2.82. The van der Waals surface area contributed by atoms with Gasteiger partial charge in [-0.1, -0.05) is 55.5 Å². The molecule has 3 amide bonds. The SMILES string of the molecule is CC(C)(O)c1cnnn1[C@H]1C[C@@H](C(=O)NC2(C(=O)C(N)=O)CCSCC2)N(C(=O)C(CC2CCCCC2)n2ccc3ccccc3c2=O)C1. The molecule has 3 fully saturated rings. The fraction of sp³-hybridized carbons (Fsp3) is 0.571. The van der Waals surface area contributed by atoms with Gasteiger partial charge in [0.1, 0.15) is 23.2 Å². The maximum absolute atomic E-state index is 15.0. The van der Waals surface area contributed by atoms with Gasteiger partial charge in [0.15, 0.2) is 0 Å². The second-order valence-corrected chi connectivity index (χ2v) is 15.5. The number of pyridine rings is 1. The maximum atomic E-state index is 15.0. The number of nitrogens with zero attached hydrogens (tertiary/aromatic N) is 5. The number of Topliss-reactive ketones (excluding diaryl/α,β-unsaturated/α-hetero) is 1. The van der Waals surface area contributed by atoms with Crippen molar-refractivity contribution in [2.24, 2.45) is 11.7 Å². The van der Waals surface area contributed by atoms with Gasteiger partial charge in [0.05, 0.1) is 17.9 Å². The van der Waals surface area contributed by atoms with E-state index in [1.54, 1.807) is 48.6 Å². The Balaban J connectivity index is 1.40. The molecular formula is C35H45N7O6S. The molecule has 4 heterocycles. The molecule has 6 rings (SSSR count). The number of ketones is 1. The van der Waals surface area contributed by atoms with Gasteiger partial charge in [0.2, 0.25) is 17.6 Å². The van der Waals surface area contributed by atoms with Gasteiger partial charge in [0, 0.05) is 24.5 Å². The molecule has 1 aromatic carbocycles. The van der Waals surface area contributed by atoms with Crippen molar-refractivity contribution >= 4 is 46.0 Å². The number of likely N-dealkylation sites (tertiary alicyclic amines) is 1. The van der Waals surface area contributed by atoms with Crippen LogP contribution < -0.4 is 16.6 Å². The van der Waals surface area contributed by atoms with Gasteiger partial charge >= 0.3 is 0 Å². The first-order valence-electron chi connectivity index (χ1n) is 17.2. The summed E-state index contributed by atoms with van der Waals surface area (Å²) in [4.78, 5) is 70.2. The summed E-state index contributed by atoms with van der Waals surface area (Å²) < 4.78 is 3.06. The Bertz CT molecular complexity index is 1790. The lowest BCUT2D eigenvalue weighted by atomic mass is 9.84. The van der Waals surface area contributed by atoms with Crippen LogP contribution in [0.4, 0.5) is 0 Å². The Morgan fingerprint density at radius 3 is 2.51 bits per heavy atom. The number of hydrogen-bond donors (Lipinski definition) is 3. The maximum Gasteiger partial charge on any atom is 0.287 e. The van der Waals surface area contributed by atoms with Crippen molar-refractivity contribution in [3.8, 4) is 0 Å². The second-order valence-electron chi connectivity index (χ2n) is 14.3. The average Bonchev–Trinajstić information content (AvgIpc) is 3.77. The van der Waals surface area contributed by atoms with Crippen LogP contribution in [0.25, 0.3) is 10.8 Å². The van der Waals surface area contributed by atoms with Crippen molar-refractivity contribution in [2.45, 2.75) is 101 Å². The van der Waals surface area contributed by atoms with Crippen LogP contribution in [-0.4, -0.2) is 82.7 Å². The van der Waals surface area contributed by atoms with Crippen molar-refractivity contribution in [3.05, 3.63) is 58.8 Å². The number of hydrogen-bond acceptors (Lipinski definition) is 9. The number of aliphatic hydroxyl groups is 1. The molecule has 13 nitrogen and oxygen atoms in total. The molecule has 1 aliphatic carbocycles. The number of benzene rings is 1. The molecule has 3 aromatic rings. The van der Waals surface area contributed by atoms with Crippen LogP contribution in [0.1, 0.15) is 89.4 Å². The molecule has 1 unspecified atom stereocenters. The summed E-state index contributed by atoms with van der Waals surface area (Å²) in [6, 6.07) is 6.60. The fourth-order valence-electron chi connectivity index (χ4n) is 7.83. The molecule has 49 heavy (non-hydrogen) atoms. The third-order valence-corrected chi connectivity index (χ3v) is 11.5. The molecule has 14 heteroatoms. The van der Waals surface area contributed by atoms with Crippen molar-refractivity contribution in [1.82, 2.24) is 29.8 Å². The number of nitrogens with one attached hydrogen (secondary N) is 1. The molecule has 0 bridgehead atoms. The van der Waals surface area contributed by atoms with Gasteiger partial charge < -0.3 is 25.6 Å². The van der Waals surface area contributed by atoms with Crippen LogP contribution >= 0.6 is 11.8 Å². The first-order chi connectivity index (χ1) is 23.4. The van der Waals surface area contributed by atoms with E-state index in [4.69, 9.17) is 5.73 Å². The topological polar surface area (TPSA) is 183 Å². The van der Waals surface area contributed by atoms with E-state index in [9.17, 15) is 29.1 Å². The zero-order valence-electron chi connectivity index (χ0n) is 28.0. The third-order valence-electron chi connectivity index (χ3n) is 10.5. The van der Waals surface area contributed by atoms with E-state index in [2.05, 4.69) is 15.6 Å². The van der Waals surface area contributed by atoms with E-state index >= 15 is 0 Å². The van der Waals surface area contributed by atoms with Crippen LogP contribution in [0.5, 0.6) is 0 Å². The lowest BCUT2D eigenvalue weighted by molar-refractivity contribution is -0.145. The lowest BCUT2D eigenvalue weighted by Gasteiger charge is -2.37. The number of primary amides is 1. The van der Waals surface area contributed by atoms with Gasteiger partial charge in [-0.05, 0) is 68.1 Å². The van der Waals surface area contributed by atoms with Crippen molar-refractivity contribution < 1.29 is 24.3 Å². The first-order valence-corrected chi connectivity index (χ1v) is 18.3. The van der Waals surface area contributed by atoms with E-state index < -0.39 is 46.9 Å². The Morgan fingerprint density at radius 1 is 1.10 bits per heavy atom. The molecule has 0 spiro atoms. The summed E-state index contributed by atoms with van der Waals surface area (Å²) >= 11 is 1.62. The van der Waals surface area contributed by atoms with Crippen LogP contribution in [-0.2, 0) is 24.8 Å². The zero-order valence-corrected chi connectivity index (χ0v) is 28.9. The molecular weight excluding hydrogens is 646 g/mol. The molecule has 2 aromatic heterocycles. The van der Waals surface area contributed by atoms with Gasteiger partial charge in [-0.25, -0.2) is 4.68 Å². The van der Waals surface area contributed by atoms with E-state index in [-0.39, 0.29) is 43.2 Å². The van der Waals surface area contributed by atoms with E-state index in [0.717, 1.165) is 37.5 Å². The summed E-state index contributed by atoms with van der Waals surface area (Å²) in [5.74, 6) is -1.61. The lowest BCUT2D eigenvalue weighted by Crippen LogP contribution is -2.63. The quantitative estimate of drug-likeness (QED) is 0.269. The van der Waals surface area contributed by atoms with Crippen LogP contribution in [0.3, 0.4) is 0 Å². The normalized spacial score (nSPS) is 22.1. The molecule has 1 saturated carbocycles. The number of rotatable bonds is 10. The predicted molar refractivity (Wildman–Crippen MR) is 184 cm³/mol. The number of nitrogens with two attached hydrogens (primary N) is 1. The number of carbonyl (C=O) groups excluding carboxylic acids is 4. The van der Waals surface area contributed by atoms with Crippen molar-refractivity contribution in [1.29, 1.82) is 0 Å². The van der Waals surface area contributed by atoms with Gasteiger partial charge in [-0.15, -0.1) is 5.10 Å². The first kappa shape index (κ1) is 34.8. The molecule has 3 atom stereocenters. The highest BCUT2D eigenvalue weighted by atomic mass is 32.2. The Morgan fingerprint density at radius 2 is 1.82 bits per heavy atom. The minimum atomic E-state index is -1.47. The van der Waals surface area contributed by atoms with Crippen molar-refractivity contribution in [2.75, 3.05) is 18.1 Å². The van der Waals surface area contributed by atoms with Crippen LogP contribution in [0, 0.1) is 5.92 Å². The predicted octanol–water partition coefficient (Wildman–Crippen LogP) is 2.61. The summed E-state index contributed by atoms with van der Waals surface area (Å²) in [5, 5.41) is 23.3. The summed E-state index contributed by atoms with van der Waals surface area (Å²) in [6.07, 6.45) is 9.27. The summed E-state index contributed by atoms with van der Waals surface area (Å²) in [6.45, 7) is 3.27. The standard InChI is InChI=1S/C35H45N7O6S/c1-34(2,48)28-20-37-39-42(28)24-19-26(31(45)38-35(29(43)30(36)44)13-16-49-17-14-35)41(21-24)33(47)27(18-22-8-4-3-5-9-22)40-15-12-23-10-6-7-11-25(23)32(40)46/h6-7,10-12,15,20,22,24,26-27,48H,3-5,8-9,13-14,16-19,21H2,1-2H3,(H2,36,44)(H,38,45)/t24-,26-,27?/m0/s1. The van der Waals surface area contributed by atoms with Gasteiger partial charge in [0.25, 0.3) is 11.5 Å². The van der Waals surface area contributed by atoms with Gasteiger partial charge in [-0.3, -0.25) is 24.0 Å². The highest BCUT2D eigenvalue weighted by Gasteiger charge is 2.49. The Hall–Kier alpha value is -4.04. The molecule has 2 aliphatic heterocycles. The Labute approximate surface area is 289 Å². The Kier molecular flexibility index (Phi) is 9.99. The van der Waals surface area contributed by atoms with E-state index in [1.807, 2.05) is 18.2 Å². The largest absolute Gasteiger partial charge is 0.384 e. The second kappa shape index (κ2) is 14.1.